The fourth-order valence-corrected chi connectivity index (χ4v) is 6.93. The molecule has 27 heavy (non-hydrogen) atoms. The van der Waals surface area contributed by atoms with Crippen LogP contribution in [0.4, 0.5) is 4.39 Å². The lowest BCUT2D eigenvalue weighted by Gasteiger charge is -2.60. The second-order valence-corrected chi connectivity index (χ2v) is 9.29. The van der Waals surface area contributed by atoms with Crippen LogP contribution in [0, 0.1) is 28.6 Å². The lowest BCUT2D eigenvalue weighted by Crippen LogP contribution is -2.62. The molecule has 0 aliphatic heterocycles. The molecule has 6 heteroatoms. The number of halogens is 1. The van der Waals surface area contributed by atoms with Crippen LogP contribution in [0.5, 0.6) is 0 Å². The number of hydrogen-bond donors (Lipinski definition) is 3. The number of carbonyl (C=O) groups is 2. The highest BCUT2D eigenvalue weighted by molar-refractivity contribution is 6.01. The van der Waals surface area contributed by atoms with Crippen LogP contribution >= 0.6 is 0 Å². The van der Waals surface area contributed by atoms with Gasteiger partial charge in [0.2, 0.25) is 0 Å². The van der Waals surface area contributed by atoms with Gasteiger partial charge in [-0.3, -0.25) is 9.59 Å². The van der Waals surface area contributed by atoms with Crippen molar-refractivity contribution < 1.29 is 29.3 Å². The van der Waals surface area contributed by atoms with Gasteiger partial charge < -0.3 is 15.3 Å². The van der Waals surface area contributed by atoms with Crippen molar-refractivity contribution in [2.24, 2.45) is 28.6 Å². The van der Waals surface area contributed by atoms with Gasteiger partial charge in [-0.25, -0.2) is 4.39 Å². The van der Waals surface area contributed by atoms with Crippen molar-refractivity contribution in [1.82, 2.24) is 0 Å². The van der Waals surface area contributed by atoms with Crippen LogP contribution in [0.3, 0.4) is 0 Å². The van der Waals surface area contributed by atoms with Crippen molar-refractivity contribution in [2.45, 2.75) is 57.4 Å². The monoisotopic (exact) mass is 378 g/mol. The Balaban J connectivity index is 1.78. The van der Waals surface area contributed by atoms with Gasteiger partial charge in [0.15, 0.2) is 11.6 Å². The van der Waals surface area contributed by atoms with E-state index in [9.17, 15) is 24.9 Å². The van der Waals surface area contributed by atoms with E-state index in [0.29, 0.717) is 12.0 Å². The lowest BCUT2D eigenvalue weighted by atomic mass is 9.46. The Morgan fingerprint density at radius 3 is 2.74 bits per heavy atom. The Labute approximate surface area is 158 Å². The number of Topliss-reactive ketones (excluding diaryl/α,β-unsaturated/α-hetero) is 1. The first-order chi connectivity index (χ1) is 12.6. The zero-order valence-electron chi connectivity index (χ0n) is 15.7. The molecule has 0 amide bonds. The van der Waals surface area contributed by atoms with E-state index in [-0.39, 0.29) is 42.8 Å². The highest BCUT2D eigenvalue weighted by Gasteiger charge is 2.68. The molecule has 5 nitrogen and oxygen atoms in total. The maximum atomic E-state index is 15.1. The first-order valence-corrected chi connectivity index (χ1v) is 9.72. The number of allylic oxidation sites excluding steroid dienone is 4. The molecule has 0 bridgehead atoms. The van der Waals surface area contributed by atoms with Crippen LogP contribution in [-0.2, 0) is 9.59 Å². The van der Waals surface area contributed by atoms with Crippen molar-refractivity contribution >= 4 is 11.6 Å². The van der Waals surface area contributed by atoms with Crippen LogP contribution < -0.4 is 0 Å². The minimum atomic E-state index is -1.69. The van der Waals surface area contributed by atoms with E-state index in [0.717, 1.165) is 0 Å². The van der Waals surface area contributed by atoms with Gasteiger partial charge in [0, 0.05) is 16.7 Å². The number of aliphatic hydroxyl groups excluding tert-OH is 2. The van der Waals surface area contributed by atoms with Gasteiger partial charge in [-0.05, 0) is 55.2 Å². The quantitative estimate of drug-likeness (QED) is 0.677. The number of aliphatic hydroxyl groups is 3. The third kappa shape index (κ3) is 2.26. The molecule has 4 aliphatic carbocycles. The number of alkyl halides is 1. The molecule has 2 unspecified atom stereocenters. The second kappa shape index (κ2) is 5.82. The molecule has 0 aromatic carbocycles. The van der Waals surface area contributed by atoms with Gasteiger partial charge in [0.1, 0.15) is 18.4 Å². The Kier molecular flexibility index (Phi) is 4.09. The van der Waals surface area contributed by atoms with Gasteiger partial charge in [-0.1, -0.05) is 19.9 Å². The molecule has 3 N–H and O–H groups in total. The van der Waals surface area contributed by atoms with Gasteiger partial charge >= 0.3 is 0 Å². The average Bonchev–Trinajstić information content (AvgIpc) is 2.87. The summed E-state index contributed by atoms with van der Waals surface area (Å²) in [5, 5.41) is 31.6. The summed E-state index contributed by atoms with van der Waals surface area (Å²) in [6.45, 7) is 2.92. The predicted octanol–water partition coefficient (Wildman–Crippen LogP) is 1.51. The maximum Gasteiger partial charge on any atom is 0.190 e. The lowest BCUT2D eigenvalue weighted by molar-refractivity contribution is -0.180. The molecule has 0 heterocycles. The summed E-state index contributed by atoms with van der Waals surface area (Å²) in [4.78, 5) is 24.1. The van der Waals surface area contributed by atoms with E-state index in [1.54, 1.807) is 13.0 Å². The zero-order chi connectivity index (χ0) is 19.8. The normalized spacial score (nSPS) is 51.3. The third-order valence-electron chi connectivity index (χ3n) is 8.23. The molecule has 4 rings (SSSR count). The van der Waals surface area contributed by atoms with Crippen LogP contribution in [-0.4, -0.2) is 51.4 Å². The molecule has 0 radical (unpaired) electrons. The molecule has 0 spiro atoms. The summed E-state index contributed by atoms with van der Waals surface area (Å²) >= 11 is 0. The Morgan fingerprint density at radius 1 is 1.37 bits per heavy atom. The smallest absolute Gasteiger partial charge is 0.190 e. The summed E-state index contributed by atoms with van der Waals surface area (Å²) in [7, 11) is 0. The van der Waals surface area contributed by atoms with Crippen LogP contribution in [0.1, 0.15) is 39.5 Å². The van der Waals surface area contributed by atoms with Crippen LogP contribution in [0.15, 0.2) is 23.8 Å². The number of hydrogen-bond acceptors (Lipinski definition) is 5. The van der Waals surface area contributed by atoms with E-state index in [4.69, 9.17) is 0 Å². The summed E-state index contributed by atoms with van der Waals surface area (Å²) < 4.78 is 15.1. The number of carbonyl (C=O) groups excluding carboxylic acids is 2. The van der Waals surface area contributed by atoms with Crippen molar-refractivity contribution in [1.29, 1.82) is 0 Å². The Morgan fingerprint density at radius 2 is 2.07 bits per heavy atom. The van der Waals surface area contributed by atoms with Crippen molar-refractivity contribution in [2.75, 3.05) is 6.61 Å². The highest BCUT2D eigenvalue weighted by atomic mass is 19.1. The molecule has 0 aromatic rings. The van der Waals surface area contributed by atoms with E-state index in [1.165, 1.54) is 12.2 Å². The van der Waals surface area contributed by atoms with Gasteiger partial charge in [-0.15, -0.1) is 0 Å². The van der Waals surface area contributed by atoms with Crippen molar-refractivity contribution in [3.63, 3.8) is 0 Å². The minimum absolute atomic E-state index is 0.131. The Hall–Kier alpha value is -1.37. The maximum absolute atomic E-state index is 15.1. The molecule has 3 fully saturated rings. The number of fused-ring (bicyclic) bond motifs is 5. The number of ketones is 2. The highest BCUT2D eigenvalue weighted by Crippen LogP contribution is 2.67. The molecule has 148 valence electrons. The van der Waals surface area contributed by atoms with Gasteiger partial charge in [0.05, 0.1) is 6.10 Å². The van der Waals surface area contributed by atoms with Crippen molar-refractivity contribution in [3.05, 3.63) is 23.8 Å². The molecule has 8 atom stereocenters. The molecule has 3 saturated carbocycles. The fraction of sp³-hybridized carbons (Fsp3) is 0.714. The topological polar surface area (TPSA) is 94.8 Å². The van der Waals surface area contributed by atoms with Gasteiger partial charge in [-0.2, -0.15) is 0 Å². The second-order valence-electron chi connectivity index (χ2n) is 9.29. The first-order valence-electron chi connectivity index (χ1n) is 9.72. The molecular formula is C21H27FO5. The van der Waals surface area contributed by atoms with Crippen molar-refractivity contribution in [3.8, 4) is 0 Å². The SMILES string of the molecule is CC12C=CC(=O)C=C1[C@@H](F)C[C@@H]1[C@@H]2[C@@H](O)CC2(C)[C@H]1CC[C@]2(O)C(=O)CO. The van der Waals surface area contributed by atoms with E-state index < -0.39 is 41.1 Å². The van der Waals surface area contributed by atoms with E-state index in [2.05, 4.69) is 0 Å². The summed E-state index contributed by atoms with van der Waals surface area (Å²) in [5.74, 6) is -1.48. The largest absolute Gasteiger partial charge is 0.393 e. The number of rotatable bonds is 2. The summed E-state index contributed by atoms with van der Waals surface area (Å²) in [5.41, 5.74) is -2.92. The third-order valence-corrected chi connectivity index (χ3v) is 8.23. The van der Waals surface area contributed by atoms with Crippen LogP contribution in [0.25, 0.3) is 0 Å². The predicted molar refractivity (Wildman–Crippen MR) is 95.3 cm³/mol. The summed E-state index contributed by atoms with van der Waals surface area (Å²) in [6, 6.07) is 0. The standard InChI is InChI=1S/C21H27FO5/c1-19-5-3-11(24)7-14(19)15(22)8-12-13-4-6-21(27,17(26)10-23)20(13,2)9-16(25)18(12)19/h3,5,7,12-13,15-16,18,23,25,27H,4,6,8-10H2,1-2H3/t12-,13-,15-,16-,18+,19?,20?,21-/m0/s1. The fourth-order valence-electron chi connectivity index (χ4n) is 6.93. The molecule has 0 aromatic heterocycles. The molecule has 4 aliphatic rings. The minimum Gasteiger partial charge on any atom is -0.393 e. The summed E-state index contributed by atoms with van der Waals surface area (Å²) in [6.07, 6.45) is 3.55. The van der Waals surface area contributed by atoms with E-state index in [1.807, 2.05) is 6.92 Å². The molecule has 0 saturated heterocycles. The zero-order valence-corrected chi connectivity index (χ0v) is 15.7. The van der Waals surface area contributed by atoms with Crippen LogP contribution in [0.2, 0.25) is 0 Å². The molecular weight excluding hydrogens is 351 g/mol. The Bertz CT molecular complexity index is 760. The average molecular weight is 378 g/mol. The first kappa shape index (κ1) is 19.0. The van der Waals surface area contributed by atoms with Gasteiger partial charge in [0.25, 0.3) is 0 Å². The van der Waals surface area contributed by atoms with E-state index >= 15 is 4.39 Å².